The van der Waals surface area contributed by atoms with E-state index in [0.717, 1.165) is 22.6 Å². The van der Waals surface area contributed by atoms with Crippen LogP contribution in [0.3, 0.4) is 0 Å². The normalized spacial score (nSPS) is 14.4. The number of hydrogen-bond acceptors (Lipinski definition) is 1. The quantitative estimate of drug-likeness (QED) is 0.182. The van der Waals surface area contributed by atoms with Crippen molar-refractivity contribution in [2.45, 2.75) is 5.41 Å². The zero-order valence-electron chi connectivity index (χ0n) is 25.3. The number of benzene rings is 7. The number of para-hydroxylation sites is 2. The molecule has 1 aliphatic rings. The molecular weight excluding hydrogens is 555 g/mol. The number of rotatable bonds is 5. The minimum Gasteiger partial charge on any atom is -0.311 e. The summed E-state index contributed by atoms with van der Waals surface area (Å²) >= 11 is 0. The average molecular weight is 586 g/mol. The molecule has 1 unspecified atom stereocenters. The fourth-order valence-corrected chi connectivity index (χ4v) is 6.76. The van der Waals surface area contributed by atoms with Gasteiger partial charge in [-0.3, -0.25) is 0 Å². The molecule has 46 heavy (non-hydrogen) atoms. The number of nitrogens with zero attached hydrogens (tertiary/aromatic N) is 1. The van der Waals surface area contributed by atoms with E-state index in [0.29, 0.717) is 0 Å². The maximum atomic E-state index is 3.82. The van der Waals surface area contributed by atoms with E-state index in [1.54, 1.807) is 0 Å². The molecule has 0 saturated heterocycles. The molecule has 1 atom stereocenters. The van der Waals surface area contributed by atoms with E-state index in [-0.39, 0.29) is 0 Å². The summed E-state index contributed by atoms with van der Waals surface area (Å²) in [5.41, 5.74) is 12.2. The molecule has 0 aliphatic heterocycles. The van der Waals surface area contributed by atoms with Crippen molar-refractivity contribution in [2.75, 3.05) is 4.90 Å². The van der Waals surface area contributed by atoms with Crippen LogP contribution >= 0.6 is 0 Å². The van der Waals surface area contributed by atoms with E-state index < -0.39 is 5.41 Å². The van der Waals surface area contributed by atoms with Crippen molar-refractivity contribution in [3.05, 3.63) is 210 Å². The van der Waals surface area contributed by atoms with Gasteiger partial charge in [-0.05, 0) is 93.5 Å². The first-order chi connectivity index (χ1) is 22.8. The molecule has 1 aliphatic carbocycles. The van der Waals surface area contributed by atoms with Gasteiger partial charge in [0.2, 0.25) is 0 Å². The highest BCUT2D eigenvalue weighted by atomic mass is 15.1. The standard InChI is InChI=1S/C45H31N/c1-5-15-34(16-6-1)31-32-45(37-17-7-2-8-18-37)43-24-14-13-23-41(43)42-30-27-36(33-44(42)45)35-25-28-40(29-26-35)46(38-19-9-3-10-20-38)39-21-11-4-12-22-39/h1-30,33H. The molecule has 0 spiro atoms. The Labute approximate surface area is 271 Å². The van der Waals surface area contributed by atoms with Crippen molar-refractivity contribution in [3.8, 4) is 34.1 Å². The summed E-state index contributed by atoms with van der Waals surface area (Å²) in [4.78, 5) is 2.29. The van der Waals surface area contributed by atoms with Crippen LogP contribution in [0, 0.1) is 11.8 Å². The summed E-state index contributed by atoms with van der Waals surface area (Å²) in [6.07, 6.45) is 0. The predicted octanol–water partition coefficient (Wildman–Crippen LogP) is 11.2. The third-order valence-corrected chi connectivity index (χ3v) is 8.91. The zero-order valence-corrected chi connectivity index (χ0v) is 25.3. The van der Waals surface area contributed by atoms with Crippen LogP contribution in [-0.4, -0.2) is 0 Å². The molecular formula is C45H31N. The van der Waals surface area contributed by atoms with Crippen molar-refractivity contribution >= 4 is 17.1 Å². The summed E-state index contributed by atoms with van der Waals surface area (Å²) in [6.45, 7) is 0. The van der Waals surface area contributed by atoms with Crippen LogP contribution in [0.1, 0.15) is 22.3 Å². The Hall–Kier alpha value is -6.10. The van der Waals surface area contributed by atoms with Gasteiger partial charge < -0.3 is 4.90 Å². The Morgan fingerprint density at radius 1 is 0.391 bits per heavy atom. The largest absolute Gasteiger partial charge is 0.311 e. The average Bonchev–Trinajstić information content (AvgIpc) is 3.43. The molecule has 7 aromatic rings. The van der Waals surface area contributed by atoms with Crippen LogP contribution in [0.25, 0.3) is 22.3 Å². The summed E-state index contributed by atoms with van der Waals surface area (Å²) in [7, 11) is 0. The van der Waals surface area contributed by atoms with Gasteiger partial charge in [-0.1, -0.05) is 145 Å². The second-order valence-electron chi connectivity index (χ2n) is 11.6. The molecule has 216 valence electrons. The maximum absolute atomic E-state index is 3.82. The molecule has 0 heterocycles. The smallest absolute Gasteiger partial charge is 0.108 e. The predicted molar refractivity (Wildman–Crippen MR) is 192 cm³/mol. The molecule has 0 N–H and O–H groups in total. The van der Waals surface area contributed by atoms with Gasteiger partial charge in [-0.25, -0.2) is 0 Å². The summed E-state index contributed by atoms with van der Waals surface area (Å²) in [6, 6.07) is 66.7. The van der Waals surface area contributed by atoms with Gasteiger partial charge in [-0.15, -0.1) is 0 Å². The van der Waals surface area contributed by atoms with E-state index in [1.165, 1.54) is 38.9 Å². The van der Waals surface area contributed by atoms with Gasteiger partial charge in [0.05, 0.1) is 0 Å². The third kappa shape index (κ3) is 4.78. The second kappa shape index (κ2) is 11.8. The zero-order chi connectivity index (χ0) is 30.8. The van der Waals surface area contributed by atoms with Crippen molar-refractivity contribution in [3.63, 3.8) is 0 Å². The van der Waals surface area contributed by atoms with E-state index in [1.807, 2.05) is 18.2 Å². The minimum absolute atomic E-state index is 0.601. The van der Waals surface area contributed by atoms with Crippen molar-refractivity contribution < 1.29 is 0 Å². The van der Waals surface area contributed by atoms with Gasteiger partial charge in [0, 0.05) is 22.6 Å². The van der Waals surface area contributed by atoms with Crippen molar-refractivity contribution in [1.29, 1.82) is 0 Å². The van der Waals surface area contributed by atoms with Crippen LogP contribution < -0.4 is 4.90 Å². The minimum atomic E-state index is -0.601. The van der Waals surface area contributed by atoms with Crippen LogP contribution in [0.5, 0.6) is 0 Å². The molecule has 1 nitrogen and oxygen atoms in total. The second-order valence-corrected chi connectivity index (χ2v) is 11.6. The van der Waals surface area contributed by atoms with Gasteiger partial charge in [0.15, 0.2) is 0 Å². The molecule has 0 radical (unpaired) electrons. The molecule has 7 aromatic carbocycles. The monoisotopic (exact) mass is 585 g/mol. The van der Waals surface area contributed by atoms with Crippen LogP contribution in [0.15, 0.2) is 188 Å². The lowest BCUT2D eigenvalue weighted by atomic mass is 9.72. The Morgan fingerprint density at radius 3 is 1.54 bits per heavy atom. The van der Waals surface area contributed by atoms with Crippen LogP contribution in [0.4, 0.5) is 17.1 Å². The van der Waals surface area contributed by atoms with Gasteiger partial charge in [0.1, 0.15) is 5.41 Å². The molecule has 0 bridgehead atoms. The fraction of sp³-hybridized carbons (Fsp3) is 0.0222. The van der Waals surface area contributed by atoms with Gasteiger partial charge >= 0.3 is 0 Å². The Balaban J connectivity index is 1.27. The van der Waals surface area contributed by atoms with E-state index in [4.69, 9.17) is 0 Å². The van der Waals surface area contributed by atoms with Gasteiger partial charge in [0.25, 0.3) is 0 Å². The van der Waals surface area contributed by atoms with Crippen molar-refractivity contribution in [1.82, 2.24) is 0 Å². The third-order valence-electron chi connectivity index (χ3n) is 8.91. The fourth-order valence-electron chi connectivity index (χ4n) is 6.76. The maximum Gasteiger partial charge on any atom is 0.108 e. The Morgan fingerprint density at radius 2 is 0.891 bits per heavy atom. The molecule has 8 rings (SSSR count). The first kappa shape index (κ1) is 27.4. The first-order valence-electron chi connectivity index (χ1n) is 15.7. The number of anilines is 3. The summed E-state index contributed by atoms with van der Waals surface area (Å²) in [5, 5.41) is 0. The van der Waals surface area contributed by atoms with E-state index in [2.05, 4.69) is 187 Å². The highest BCUT2D eigenvalue weighted by Crippen LogP contribution is 2.53. The topological polar surface area (TPSA) is 3.24 Å². The Kier molecular flexibility index (Phi) is 7.02. The summed E-state index contributed by atoms with van der Waals surface area (Å²) < 4.78 is 0. The molecule has 0 saturated carbocycles. The Bertz CT molecular complexity index is 2140. The number of hydrogen-bond donors (Lipinski definition) is 0. The molecule has 0 amide bonds. The SMILES string of the molecule is C(#CC1(c2ccccc2)c2ccccc2-c2ccc(-c3ccc(N(c4ccccc4)c4ccccc4)cc3)cc21)c1ccccc1. The van der Waals surface area contributed by atoms with Crippen molar-refractivity contribution in [2.24, 2.45) is 0 Å². The molecule has 0 aromatic heterocycles. The van der Waals surface area contributed by atoms with Crippen LogP contribution in [-0.2, 0) is 5.41 Å². The highest BCUT2D eigenvalue weighted by molar-refractivity contribution is 5.88. The summed E-state index contributed by atoms with van der Waals surface area (Å²) in [5.74, 6) is 7.38. The highest BCUT2D eigenvalue weighted by Gasteiger charge is 2.43. The number of fused-ring (bicyclic) bond motifs is 3. The van der Waals surface area contributed by atoms with Crippen LogP contribution in [0.2, 0.25) is 0 Å². The lowest BCUT2D eigenvalue weighted by Crippen LogP contribution is -2.25. The first-order valence-corrected chi connectivity index (χ1v) is 15.7. The lowest BCUT2D eigenvalue weighted by molar-refractivity contribution is 0.837. The molecule has 1 heteroatoms. The van der Waals surface area contributed by atoms with E-state index >= 15 is 0 Å². The van der Waals surface area contributed by atoms with E-state index in [9.17, 15) is 0 Å². The van der Waals surface area contributed by atoms with Gasteiger partial charge in [-0.2, -0.15) is 0 Å². The molecule has 0 fully saturated rings. The lowest BCUT2D eigenvalue weighted by Gasteiger charge is -2.28.